The zero-order valence-electron chi connectivity index (χ0n) is 18.5. The molecule has 2 aliphatic rings. The highest BCUT2D eigenvalue weighted by Crippen LogP contribution is 2.46. The number of allylic oxidation sites excluding steroid dienone is 3. The quantitative estimate of drug-likeness (QED) is 0.551. The topological polar surface area (TPSA) is 108 Å². The van der Waals surface area contributed by atoms with Crippen LogP contribution in [0.1, 0.15) is 30.7 Å². The van der Waals surface area contributed by atoms with Gasteiger partial charge in [-0.15, -0.1) is 0 Å². The Balaban J connectivity index is 1.65. The van der Waals surface area contributed by atoms with Crippen LogP contribution in [0.5, 0.6) is 5.75 Å². The van der Waals surface area contributed by atoms with Crippen LogP contribution in [-0.2, 0) is 4.79 Å². The Morgan fingerprint density at radius 1 is 1.21 bits per heavy atom. The van der Waals surface area contributed by atoms with E-state index in [0.717, 1.165) is 22.5 Å². The monoisotopic (exact) mass is 471 g/mol. The summed E-state index contributed by atoms with van der Waals surface area (Å²) >= 11 is 6.02. The Morgan fingerprint density at radius 2 is 2.00 bits per heavy atom. The zero-order valence-corrected chi connectivity index (χ0v) is 19.3. The van der Waals surface area contributed by atoms with Crippen LogP contribution in [0.4, 0.5) is 5.82 Å². The number of hydrogen-bond donors (Lipinski definition) is 2. The molecule has 8 heteroatoms. The molecule has 3 N–H and O–H groups in total. The Bertz CT molecular complexity index is 1380. The van der Waals surface area contributed by atoms with E-state index in [2.05, 4.69) is 16.3 Å². The van der Waals surface area contributed by atoms with Gasteiger partial charge in [-0.05, 0) is 48.2 Å². The highest BCUT2D eigenvalue weighted by Gasteiger charge is 2.41. The molecule has 0 radical (unpaired) electrons. The van der Waals surface area contributed by atoms with Gasteiger partial charge < -0.3 is 10.5 Å². The molecule has 1 aromatic heterocycles. The van der Waals surface area contributed by atoms with E-state index in [0.29, 0.717) is 47.0 Å². The van der Waals surface area contributed by atoms with Gasteiger partial charge in [-0.2, -0.15) is 10.4 Å². The number of ketones is 1. The van der Waals surface area contributed by atoms with Crippen molar-refractivity contribution in [3.8, 4) is 23.1 Å². The molecule has 0 fully saturated rings. The van der Waals surface area contributed by atoms with Crippen LogP contribution in [0.3, 0.4) is 0 Å². The number of methoxy groups -OCH3 is 1. The largest absolute Gasteiger partial charge is 0.497 e. The molecule has 0 saturated carbocycles. The fourth-order valence-corrected chi connectivity index (χ4v) is 4.83. The van der Waals surface area contributed by atoms with Crippen LogP contribution in [-0.4, -0.2) is 23.1 Å². The lowest BCUT2D eigenvalue weighted by Gasteiger charge is -2.38. The zero-order chi connectivity index (χ0) is 23.8. The van der Waals surface area contributed by atoms with E-state index >= 15 is 0 Å². The average molecular weight is 472 g/mol. The van der Waals surface area contributed by atoms with E-state index in [9.17, 15) is 10.1 Å². The summed E-state index contributed by atoms with van der Waals surface area (Å²) in [6.07, 6.45) is 1.80. The summed E-state index contributed by atoms with van der Waals surface area (Å²) in [6, 6.07) is 19.0. The number of H-pyrrole nitrogens is 1. The summed E-state index contributed by atoms with van der Waals surface area (Å²) in [5, 5.41) is 18.3. The molecule has 1 atom stereocenters. The van der Waals surface area contributed by atoms with Crippen LogP contribution in [0.2, 0.25) is 5.02 Å². The van der Waals surface area contributed by atoms with Crippen LogP contribution in [0.25, 0.3) is 11.3 Å². The highest BCUT2D eigenvalue weighted by atomic mass is 35.5. The van der Waals surface area contributed by atoms with Crippen LogP contribution >= 0.6 is 11.6 Å². The summed E-state index contributed by atoms with van der Waals surface area (Å²) < 4.78 is 5.38. The molecular formula is C26H22ClN5O2. The van der Waals surface area contributed by atoms with E-state index in [1.54, 1.807) is 24.1 Å². The second-order valence-electron chi connectivity index (χ2n) is 8.24. The number of nitrogens with two attached hydrogens (primary N) is 1. The first kappa shape index (κ1) is 21.8. The van der Waals surface area contributed by atoms with Crippen molar-refractivity contribution in [2.75, 3.05) is 12.0 Å². The van der Waals surface area contributed by atoms with Gasteiger partial charge in [-0.25, -0.2) is 0 Å². The minimum absolute atomic E-state index is 0.0211. The molecule has 3 aromatic rings. The number of nitriles is 1. The van der Waals surface area contributed by atoms with Gasteiger partial charge in [0.25, 0.3) is 0 Å². The highest BCUT2D eigenvalue weighted by molar-refractivity contribution is 6.30. The molecule has 1 aliphatic carbocycles. The summed E-state index contributed by atoms with van der Waals surface area (Å²) in [4.78, 5) is 15.0. The third-order valence-corrected chi connectivity index (χ3v) is 6.54. The maximum atomic E-state index is 13.2. The Morgan fingerprint density at radius 3 is 2.74 bits per heavy atom. The smallest absolute Gasteiger partial charge is 0.161 e. The SMILES string of the molecule is COc1cccc(C2C(C#N)=C(N)N(c3cc(-c4ccc(Cl)cc4)[nH]n3)C3=C2C(=O)CCC3)c1. The van der Waals surface area contributed by atoms with Gasteiger partial charge in [-0.1, -0.05) is 35.9 Å². The van der Waals surface area contributed by atoms with Gasteiger partial charge in [0.05, 0.1) is 30.4 Å². The summed E-state index contributed by atoms with van der Waals surface area (Å²) in [5.41, 5.74) is 10.8. The summed E-state index contributed by atoms with van der Waals surface area (Å²) in [6.45, 7) is 0. The molecule has 34 heavy (non-hydrogen) atoms. The second-order valence-corrected chi connectivity index (χ2v) is 8.68. The number of ether oxygens (including phenoxy) is 1. The predicted octanol–water partition coefficient (Wildman–Crippen LogP) is 5.04. The Hall–Kier alpha value is -4.02. The van der Waals surface area contributed by atoms with Crippen molar-refractivity contribution in [3.63, 3.8) is 0 Å². The van der Waals surface area contributed by atoms with E-state index in [1.807, 2.05) is 42.5 Å². The fourth-order valence-electron chi connectivity index (χ4n) is 4.71. The number of aromatic amines is 1. The van der Waals surface area contributed by atoms with Gasteiger partial charge in [0.1, 0.15) is 11.6 Å². The summed E-state index contributed by atoms with van der Waals surface area (Å²) in [5.74, 6) is 0.933. The first-order valence-corrected chi connectivity index (χ1v) is 11.3. The van der Waals surface area contributed by atoms with Crippen LogP contribution in [0.15, 0.2) is 77.3 Å². The van der Waals surface area contributed by atoms with Crippen molar-refractivity contribution >= 4 is 23.2 Å². The number of nitrogens with zero attached hydrogens (tertiary/aromatic N) is 3. The average Bonchev–Trinajstić information content (AvgIpc) is 3.33. The lowest BCUT2D eigenvalue weighted by molar-refractivity contribution is -0.116. The van der Waals surface area contributed by atoms with Gasteiger partial charge in [0.2, 0.25) is 0 Å². The molecule has 5 rings (SSSR count). The third kappa shape index (κ3) is 3.62. The van der Waals surface area contributed by atoms with Gasteiger partial charge >= 0.3 is 0 Å². The van der Waals surface area contributed by atoms with E-state index in [-0.39, 0.29) is 11.6 Å². The van der Waals surface area contributed by atoms with Crippen molar-refractivity contribution in [2.24, 2.45) is 5.73 Å². The normalized spacial score (nSPS) is 18.1. The maximum Gasteiger partial charge on any atom is 0.161 e. The number of nitrogens with one attached hydrogen (secondary N) is 1. The molecular weight excluding hydrogens is 450 g/mol. The number of anilines is 1. The van der Waals surface area contributed by atoms with E-state index in [1.165, 1.54) is 0 Å². The van der Waals surface area contributed by atoms with Gasteiger partial charge in [0.15, 0.2) is 11.6 Å². The first-order valence-electron chi connectivity index (χ1n) is 10.9. The molecule has 0 spiro atoms. The van der Waals surface area contributed by atoms with Crippen molar-refractivity contribution < 1.29 is 9.53 Å². The first-order chi connectivity index (χ1) is 16.5. The molecule has 2 heterocycles. The number of hydrogen-bond acceptors (Lipinski definition) is 6. The van der Waals surface area contributed by atoms with Gasteiger partial charge in [-0.3, -0.25) is 14.8 Å². The van der Waals surface area contributed by atoms with Crippen LogP contribution in [0, 0.1) is 11.3 Å². The van der Waals surface area contributed by atoms with E-state index in [4.69, 9.17) is 22.1 Å². The van der Waals surface area contributed by atoms with Crippen molar-refractivity contribution in [2.45, 2.75) is 25.2 Å². The minimum Gasteiger partial charge on any atom is -0.497 e. The molecule has 0 bridgehead atoms. The van der Waals surface area contributed by atoms with Gasteiger partial charge in [0, 0.05) is 28.8 Å². The molecule has 0 amide bonds. The number of benzene rings is 2. The fraction of sp³-hybridized carbons (Fsp3) is 0.192. The number of halogens is 1. The molecule has 1 aliphatic heterocycles. The molecule has 7 nitrogen and oxygen atoms in total. The lowest BCUT2D eigenvalue weighted by Crippen LogP contribution is -2.38. The maximum absolute atomic E-state index is 13.2. The molecule has 1 unspecified atom stereocenters. The molecule has 170 valence electrons. The lowest BCUT2D eigenvalue weighted by atomic mass is 9.75. The van der Waals surface area contributed by atoms with Crippen molar-refractivity contribution in [1.29, 1.82) is 5.26 Å². The number of carbonyl (C=O) groups is 1. The second kappa shape index (κ2) is 8.73. The van der Waals surface area contributed by atoms with Crippen molar-refractivity contribution in [1.82, 2.24) is 10.2 Å². The number of aromatic nitrogens is 2. The standard InChI is InChI=1S/C26H22ClN5O2/c1-34-18-5-2-4-16(12-18)24-19(14-28)26(29)32(21-6-3-7-22(33)25(21)24)23-13-20(30-31-23)15-8-10-17(27)11-9-15/h2,4-5,8-13,24H,3,6-7,29H2,1H3,(H,30,31). The van der Waals surface area contributed by atoms with Crippen molar-refractivity contribution in [3.05, 3.63) is 87.8 Å². The number of rotatable bonds is 4. The molecule has 0 saturated heterocycles. The van der Waals surface area contributed by atoms with E-state index < -0.39 is 5.92 Å². The summed E-state index contributed by atoms with van der Waals surface area (Å²) in [7, 11) is 1.59. The number of Topliss-reactive ketones (excluding diaryl/α,β-unsaturated/α-hetero) is 1. The molecule has 2 aromatic carbocycles. The Labute approximate surface area is 202 Å². The Kier molecular flexibility index (Phi) is 5.60. The number of carbonyl (C=O) groups excluding carboxylic acids is 1. The third-order valence-electron chi connectivity index (χ3n) is 6.29. The van der Waals surface area contributed by atoms with Crippen LogP contribution < -0.4 is 15.4 Å². The predicted molar refractivity (Wildman–Crippen MR) is 130 cm³/mol. The minimum atomic E-state index is -0.547.